The molecule has 5 heteroatoms. The Morgan fingerprint density at radius 1 is 1.27 bits per heavy atom. The lowest BCUT2D eigenvalue weighted by atomic mass is 9.96. The fourth-order valence-electron chi connectivity index (χ4n) is 2.58. The lowest BCUT2D eigenvalue weighted by Crippen LogP contribution is -2.05. The van der Waals surface area contributed by atoms with Gasteiger partial charge in [0.25, 0.3) is 0 Å². The van der Waals surface area contributed by atoms with E-state index >= 15 is 0 Å². The molecule has 0 saturated heterocycles. The molecular formula is C21H21FO4. The summed E-state index contributed by atoms with van der Waals surface area (Å²) in [6.07, 6.45) is 4.23. The van der Waals surface area contributed by atoms with Crippen molar-refractivity contribution in [2.24, 2.45) is 0 Å². The van der Waals surface area contributed by atoms with Crippen LogP contribution >= 0.6 is 0 Å². The molecule has 2 rings (SSSR count). The molecule has 0 spiro atoms. The number of methoxy groups -OCH3 is 1. The predicted octanol–water partition coefficient (Wildman–Crippen LogP) is 4.92. The zero-order chi connectivity index (χ0) is 19.3. The monoisotopic (exact) mass is 356 g/mol. The molecular weight excluding hydrogens is 335 g/mol. The summed E-state index contributed by atoms with van der Waals surface area (Å²) in [6, 6.07) is 7.36. The van der Waals surface area contributed by atoms with Crippen molar-refractivity contribution < 1.29 is 24.1 Å². The summed E-state index contributed by atoms with van der Waals surface area (Å²) in [7, 11) is 1.47. The number of halogens is 1. The van der Waals surface area contributed by atoms with Crippen LogP contribution in [-0.2, 0) is 6.42 Å². The van der Waals surface area contributed by atoms with Crippen molar-refractivity contribution in [3.63, 3.8) is 0 Å². The average molecular weight is 356 g/mol. The first-order valence-corrected chi connectivity index (χ1v) is 8.07. The minimum Gasteiger partial charge on any atom is -0.507 e. The third-order valence-electron chi connectivity index (χ3n) is 3.96. The van der Waals surface area contributed by atoms with Gasteiger partial charge in [0.05, 0.1) is 7.11 Å². The van der Waals surface area contributed by atoms with E-state index in [0.717, 1.165) is 5.57 Å². The third kappa shape index (κ3) is 4.51. The molecule has 0 aliphatic carbocycles. The van der Waals surface area contributed by atoms with E-state index in [9.17, 15) is 19.4 Å². The number of rotatable bonds is 7. The van der Waals surface area contributed by atoms with Gasteiger partial charge >= 0.3 is 5.97 Å². The Bertz CT molecular complexity index is 851. The van der Waals surface area contributed by atoms with Gasteiger partial charge in [-0.2, -0.15) is 0 Å². The predicted molar refractivity (Wildman–Crippen MR) is 100 cm³/mol. The largest absolute Gasteiger partial charge is 0.507 e. The molecule has 0 atom stereocenters. The van der Waals surface area contributed by atoms with Gasteiger partial charge in [0.2, 0.25) is 0 Å². The van der Waals surface area contributed by atoms with Crippen molar-refractivity contribution in [1.29, 1.82) is 0 Å². The second-order valence-electron chi connectivity index (χ2n) is 6.02. The highest BCUT2D eigenvalue weighted by Crippen LogP contribution is 2.36. The first-order valence-electron chi connectivity index (χ1n) is 8.07. The average Bonchev–Trinajstić information content (AvgIpc) is 2.59. The van der Waals surface area contributed by atoms with Crippen LogP contribution in [0.1, 0.15) is 40.4 Å². The van der Waals surface area contributed by atoms with E-state index in [4.69, 9.17) is 4.74 Å². The highest BCUT2D eigenvalue weighted by atomic mass is 19.1. The maximum atomic E-state index is 13.0. The number of carbonyl (C=O) groups is 1. The number of benzene rings is 2. The van der Waals surface area contributed by atoms with Crippen LogP contribution < -0.4 is 4.74 Å². The van der Waals surface area contributed by atoms with Gasteiger partial charge in [-0.05, 0) is 49.1 Å². The summed E-state index contributed by atoms with van der Waals surface area (Å²) >= 11 is 0. The number of phenols is 1. The van der Waals surface area contributed by atoms with Gasteiger partial charge in [0.15, 0.2) is 0 Å². The molecule has 4 nitrogen and oxygen atoms in total. The van der Waals surface area contributed by atoms with Crippen LogP contribution in [-0.4, -0.2) is 23.3 Å². The fraction of sp³-hybridized carbons (Fsp3) is 0.190. The van der Waals surface area contributed by atoms with E-state index in [1.165, 1.54) is 19.2 Å². The van der Waals surface area contributed by atoms with Crippen LogP contribution in [0.15, 0.2) is 42.5 Å². The van der Waals surface area contributed by atoms with Gasteiger partial charge < -0.3 is 14.9 Å². The number of ether oxygens (including phenoxy) is 1. The zero-order valence-corrected chi connectivity index (χ0v) is 14.8. The molecule has 0 bridgehead atoms. The number of aromatic carboxylic acids is 1. The summed E-state index contributed by atoms with van der Waals surface area (Å²) in [5.74, 6) is -1.49. The quantitative estimate of drug-likeness (QED) is 0.546. The number of aromatic hydroxyl groups is 1. The third-order valence-corrected chi connectivity index (χ3v) is 3.96. The van der Waals surface area contributed by atoms with Crippen LogP contribution in [0.25, 0.3) is 12.2 Å². The number of hydrogen-bond acceptors (Lipinski definition) is 3. The maximum absolute atomic E-state index is 13.0. The fourth-order valence-corrected chi connectivity index (χ4v) is 2.58. The second kappa shape index (κ2) is 8.34. The Hall–Kier alpha value is -3.08. The Kier molecular flexibility index (Phi) is 6.17. The van der Waals surface area contributed by atoms with E-state index in [0.29, 0.717) is 35.3 Å². The molecule has 0 saturated carbocycles. The molecule has 0 unspecified atom stereocenters. The molecule has 0 heterocycles. The molecule has 0 radical (unpaired) electrons. The van der Waals surface area contributed by atoms with Crippen molar-refractivity contribution in [1.82, 2.24) is 0 Å². The minimum absolute atomic E-state index is 0.194. The van der Waals surface area contributed by atoms with Crippen molar-refractivity contribution in [2.75, 3.05) is 7.11 Å². The maximum Gasteiger partial charge on any atom is 0.340 e. The second-order valence-corrected chi connectivity index (χ2v) is 6.02. The smallest absolute Gasteiger partial charge is 0.340 e. The van der Waals surface area contributed by atoms with E-state index in [-0.39, 0.29) is 17.1 Å². The lowest BCUT2D eigenvalue weighted by molar-refractivity contribution is 0.0693. The molecule has 0 amide bonds. The number of hydrogen-bond donors (Lipinski definition) is 2. The van der Waals surface area contributed by atoms with E-state index < -0.39 is 5.97 Å². The molecule has 136 valence electrons. The van der Waals surface area contributed by atoms with Crippen molar-refractivity contribution >= 4 is 18.1 Å². The Morgan fingerprint density at radius 3 is 2.46 bits per heavy atom. The minimum atomic E-state index is -1.24. The van der Waals surface area contributed by atoms with Crippen LogP contribution in [0.5, 0.6) is 11.5 Å². The molecule has 0 fully saturated rings. The van der Waals surface area contributed by atoms with Gasteiger partial charge in [-0.25, -0.2) is 9.18 Å². The van der Waals surface area contributed by atoms with Crippen molar-refractivity contribution in [3.05, 3.63) is 70.6 Å². The zero-order valence-electron chi connectivity index (χ0n) is 14.8. The first kappa shape index (κ1) is 19.2. The summed E-state index contributed by atoms with van der Waals surface area (Å²) in [5, 5.41) is 20.1. The number of carboxylic acids is 1. The Morgan fingerprint density at radius 2 is 1.92 bits per heavy atom. The normalized spacial score (nSPS) is 10.9. The van der Waals surface area contributed by atoms with Gasteiger partial charge in [-0.1, -0.05) is 29.9 Å². The molecule has 2 aromatic rings. The van der Waals surface area contributed by atoms with Crippen LogP contribution in [0, 0.1) is 5.82 Å². The standard InChI is InChI=1S/C21H21FO4/c1-13(2)4-11-17-18(26-3)12-15(19(20(17)23)21(24)25)8-5-14-6-9-16(22)10-7-14/h5-10,12,23H,1,4,11H2,2-3H3,(H,24,25)/b8-5+. The van der Waals surface area contributed by atoms with Gasteiger partial charge in [0.1, 0.15) is 22.9 Å². The molecule has 0 aromatic heterocycles. The molecule has 0 aliphatic rings. The van der Waals surface area contributed by atoms with E-state index in [1.54, 1.807) is 30.4 Å². The van der Waals surface area contributed by atoms with Crippen LogP contribution in [0.3, 0.4) is 0 Å². The highest BCUT2D eigenvalue weighted by molar-refractivity contribution is 5.97. The molecule has 26 heavy (non-hydrogen) atoms. The number of allylic oxidation sites excluding steroid dienone is 1. The summed E-state index contributed by atoms with van der Waals surface area (Å²) in [5.41, 5.74) is 2.17. The molecule has 0 aliphatic heterocycles. The van der Waals surface area contributed by atoms with Crippen LogP contribution in [0.2, 0.25) is 0 Å². The molecule has 2 N–H and O–H groups in total. The van der Waals surface area contributed by atoms with Crippen LogP contribution in [0.4, 0.5) is 4.39 Å². The number of carboxylic acid groups (broad SMARTS) is 1. The molecule has 2 aromatic carbocycles. The SMILES string of the molecule is C=C(C)CCc1c(OC)cc(/C=C/c2ccc(F)cc2)c(C(=O)O)c1O. The van der Waals surface area contributed by atoms with Crippen molar-refractivity contribution in [2.45, 2.75) is 19.8 Å². The van der Waals surface area contributed by atoms with Gasteiger partial charge in [0, 0.05) is 5.56 Å². The summed E-state index contributed by atoms with van der Waals surface area (Å²) in [6.45, 7) is 5.69. The summed E-state index contributed by atoms with van der Waals surface area (Å²) in [4.78, 5) is 11.7. The van der Waals surface area contributed by atoms with Gasteiger partial charge in [-0.3, -0.25) is 0 Å². The lowest BCUT2D eigenvalue weighted by Gasteiger charge is -2.15. The van der Waals surface area contributed by atoms with Crippen molar-refractivity contribution in [3.8, 4) is 11.5 Å². The van der Waals surface area contributed by atoms with E-state index in [2.05, 4.69) is 6.58 Å². The first-order chi connectivity index (χ1) is 12.3. The Balaban J connectivity index is 2.50. The summed E-state index contributed by atoms with van der Waals surface area (Å²) < 4.78 is 18.3. The highest BCUT2D eigenvalue weighted by Gasteiger charge is 2.21. The van der Waals surface area contributed by atoms with E-state index in [1.807, 2.05) is 6.92 Å². The van der Waals surface area contributed by atoms with Gasteiger partial charge in [-0.15, -0.1) is 6.58 Å². The Labute approximate surface area is 151 Å². The topological polar surface area (TPSA) is 66.8 Å².